The molecule has 1 saturated heterocycles. The number of aliphatic hydroxyl groups excluding tert-OH is 4. The molecule has 3 aromatic carbocycles. The number of allylic oxidation sites excluding steroid dienone is 1. The van der Waals surface area contributed by atoms with E-state index in [0.717, 1.165) is 22.4 Å². The van der Waals surface area contributed by atoms with E-state index < -0.39 is 73.5 Å². The van der Waals surface area contributed by atoms with Crippen molar-refractivity contribution in [1.82, 2.24) is 4.90 Å². The number of ether oxygens (including phenoxy) is 7. The zero-order valence-corrected chi connectivity index (χ0v) is 32.4. The minimum Gasteiger partial charge on any atom is -0.493 e. The molecule has 5 aliphatic heterocycles. The van der Waals surface area contributed by atoms with E-state index in [4.69, 9.17) is 49.7 Å². The molecule has 18 nitrogen and oxygen atoms in total. The molecule has 9 unspecified atom stereocenters. The molecule has 8 rings (SSSR count). The van der Waals surface area contributed by atoms with Gasteiger partial charge in [0.15, 0.2) is 17.6 Å². The van der Waals surface area contributed by atoms with E-state index in [1.54, 1.807) is 24.4 Å². The summed E-state index contributed by atoms with van der Waals surface area (Å²) >= 11 is 0. The number of nitrogens with zero attached hydrogens (tertiary/aromatic N) is 2. The Balaban J connectivity index is 1.19. The molecule has 18 heteroatoms. The van der Waals surface area contributed by atoms with Crippen molar-refractivity contribution in [2.45, 2.75) is 80.5 Å². The quantitative estimate of drug-likeness (QED) is 0.0633. The topological polar surface area (TPSA) is 268 Å². The number of aliphatic hydroxyl groups is 4. The van der Waals surface area contributed by atoms with Crippen molar-refractivity contribution in [3.8, 4) is 28.7 Å². The number of benzene rings is 3. The van der Waals surface area contributed by atoms with Gasteiger partial charge in [-0.2, -0.15) is 0 Å². The molecule has 5 aliphatic rings. The van der Waals surface area contributed by atoms with Crippen molar-refractivity contribution in [2.24, 2.45) is 16.5 Å². The first-order chi connectivity index (χ1) is 28.9. The molecule has 3 aromatic rings. The van der Waals surface area contributed by atoms with Gasteiger partial charge in [0.2, 0.25) is 12.0 Å². The number of hydrogen-bond acceptors (Lipinski definition) is 17. The number of rotatable bonds is 15. The molecule has 60 heavy (non-hydrogen) atoms. The lowest BCUT2D eigenvalue weighted by Crippen LogP contribution is -2.66. The number of carboxylic acids is 1. The third-order valence-corrected chi connectivity index (χ3v) is 11.0. The van der Waals surface area contributed by atoms with E-state index >= 15 is 0 Å². The van der Waals surface area contributed by atoms with Crippen LogP contribution in [0.25, 0.3) is 0 Å². The number of aliphatic imine (C=N–C) groups is 1. The predicted molar refractivity (Wildman–Crippen MR) is 209 cm³/mol. The van der Waals surface area contributed by atoms with E-state index in [1.807, 2.05) is 48.7 Å². The van der Waals surface area contributed by atoms with Crippen molar-refractivity contribution >= 4 is 18.2 Å². The minimum atomic E-state index is -1.90. The van der Waals surface area contributed by atoms with Gasteiger partial charge >= 0.3 is 11.9 Å². The van der Waals surface area contributed by atoms with Crippen LogP contribution in [0.1, 0.15) is 40.7 Å². The molecule has 1 fully saturated rings. The maximum Gasteiger partial charge on any atom is 0.317 e. The molecule has 0 aliphatic carbocycles. The molecule has 0 bridgehead atoms. The molecule has 0 spiro atoms. The minimum absolute atomic E-state index is 0.00431. The molecule has 9 atom stereocenters. The highest BCUT2D eigenvalue weighted by atomic mass is 16.7. The van der Waals surface area contributed by atoms with Gasteiger partial charge in [-0.05, 0) is 29.3 Å². The molecule has 9 N–H and O–H groups in total. The Morgan fingerprint density at radius 2 is 1.83 bits per heavy atom. The lowest BCUT2D eigenvalue weighted by atomic mass is 9.80. The van der Waals surface area contributed by atoms with Gasteiger partial charge in [-0.15, -0.1) is 0 Å². The summed E-state index contributed by atoms with van der Waals surface area (Å²) < 4.78 is 42.9. The zero-order chi connectivity index (χ0) is 42.2. The molecule has 0 radical (unpaired) electrons. The molecule has 0 amide bonds. The van der Waals surface area contributed by atoms with Crippen LogP contribution in [0.15, 0.2) is 83.1 Å². The Kier molecular flexibility index (Phi) is 11.7. The third kappa shape index (κ3) is 7.97. The molecule has 5 heterocycles. The Morgan fingerprint density at radius 1 is 1.03 bits per heavy atom. The molecule has 0 saturated carbocycles. The standard InChI is InChI=1S/C42H46N4O14/c1-54-26-8-7-24-32-27(13-20-5-3-2-4-6-20)57-28-15-23(56-42-35(53)33(51)34(52)39(60-42)40(41(43)44)58-30(50)16-29(48)49)14-22(18-46-17-21-9-10-45-25(21)19-46)31(28)38(32)59-36(24)37(26)55-12-11-47/h2-10,14-15,19,27,32-35,38-42,47,51-53H,11-13,16-18,43-44H2,1H3,(H,48,49). The van der Waals surface area contributed by atoms with Crippen LogP contribution in [0.3, 0.4) is 0 Å². The summed E-state index contributed by atoms with van der Waals surface area (Å²) in [5.74, 6) is -1.25. The van der Waals surface area contributed by atoms with Crippen LogP contribution in [0.5, 0.6) is 28.7 Å². The number of esters is 1. The largest absolute Gasteiger partial charge is 0.493 e. The van der Waals surface area contributed by atoms with E-state index in [9.17, 15) is 30.0 Å². The highest BCUT2D eigenvalue weighted by Crippen LogP contribution is 2.59. The maximum absolute atomic E-state index is 12.3. The molecular weight excluding hydrogens is 784 g/mol. The van der Waals surface area contributed by atoms with Gasteiger partial charge in [0.25, 0.3) is 0 Å². The van der Waals surface area contributed by atoms with Crippen LogP contribution in [0.4, 0.5) is 0 Å². The van der Waals surface area contributed by atoms with Crippen molar-refractivity contribution in [1.29, 1.82) is 0 Å². The highest BCUT2D eigenvalue weighted by molar-refractivity contribution is 5.90. The highest BCUT2D eigenvalue weighted by Gasteiger charge is 2.52. The van der Waals surface area contributed by atoms with Crippen LogP contribution in [-0.4, -0.2) is 125 Å². The van der Waals surface area contributed by atoms with Crippen LogP contribution in [-0.2, 0) is 32.0 Å². The zero-order valence-electron chi connectivity index (χ0n) is 32.4. The SMILES string of the molecule is COc1ccc2c(c1OCCO)OC1c3c(CN4C=C5N=CC=C5C4)cc(OC4OC(C(OC(=O)CC(=O)O)C(N)N)C(O)C(O)C4O)cc3OC(Cc3ccccc3)C21. The number of fused-ring (bicyclic) bond motifs is 6. The first-order valence-corrected chi connectivity index (χ1v) is 19.4. The second-order valence-electron chi connectivity index (χ2n) is 15.0. The molecular formula is C42H46N4O14. The maximum atomic E-state index is 12.3. The first kappa shape index (κ1) is 41.0. The second kappa shape index (κ2) is 17.1. The lowest BCUT2D eigenvalue weighted by Gasteiger charge is -2.43. The number of methoxy groups -OCH3 is 1. The summed E-state index contributed by atoms with van der Waals surface area (Å²) in [6.45, 7) is 0.664. The summed E-state index contributed by atoms with van der Waals surface area (Å²) in [5.41, 5.74) is 16.9. The van der Waals surface area contributed by atoms with Gasteiger partial charge in [-0.3, -0.25) is 14.6 Å². The van der Waals surface area contributed by atoms with Crippen molar-refractivity contribution in [3.63, 3.8) is 0 Å². The lowest BCUT2D eigenvalue weighted by molar-refractivity contribution is -0.291. The summed E-state index contributed by atoms with van der Waals surface area (Å²) in [4.78, 5) is 30.0. The van der Waals surface area contributed by atoms with Crippen LogP contribution < -0.4 is 35.2 Å². The van der Waals surface area contributed by atoms with Gasteiger partial charge in [-0.1, -0.05) is 36.4 Å². The summed E-state index contributed by atoms with van der Waals surface area (Å²) in [7, 11) is 1.52. The van der Waals surface area contributed by atoms with Crippen molar-refractivity contribution in [2.75, 3.05) is 26.9 Å². The van der Waals surface area contributed by atoms with E-state index in [1.165, 1.54) is 7.11 Å². The fourth-order valence-electron chi connectivity index (χ4n) is 8.35. The number of hydrogen-bond donors (Lipinski definition) is 7. The fourth-order valence-corrected chi connectivity index (χ4v) is 8.35. The van der Waals surface area contributed by atoms with E-state index in [-0.39, 0.29) is 24.9 Å². The molecule has 318 valence electrons. The monoisotopic (exact) mass is 830 g/mol. The normalized spacial score (nSPS) is 26.4. The van der Waals surface area contributed by atoms with Crippen LogP contribution in [0.2, 0.25) is 0 Å². The Hall–Kier alpha value is -5.73. The van der Waals surface area contributed by atoms with Crippen molar-refractivity contribution < 1.29 is 68.3 Å². The van der Waals surface area contributed by atoms with E-state index in [2.05, 4.69) is 9.89 Å². The van der Waals surface area contributed by atoms with Crippen molar-refractivity contribution in [3.05, 3.63) is 100 Å². The number of aliphatic carboxylic acids is 1. The Morgan fingerprint density at radius 3 is 2.55 bits per heavy atom. The van der Waals surface area contributed by atoms with Gasteiger partial charge in [0.1, 0.15) is 61.2 Å². The van der Waals surface area contributed by atoms with Gasteiger partial charge in [0, 0.05) is 54.7 Å². The van der Waals surface area contributed by atoms with Crippen LogP contribution in [0, 0.1) is 0 Å². The number of carboxylic acid groups (broad SMARTS) is 1. The van der Waals surface area contributed by atoms with Crippen LogP contribution >= 0.6 is 0 Å². The average Bonchev–Trinajstić information content (AvgIpc) is 3.93. The number of carbonyl (C=O) groups excluding carboxylic acids is 1. The third-order valence-electron chi connectivity index (χ3n) is 11.0. The number of nitrogens with two attached hydrogens (primary N) is 2. The fraction of sp³-hybridized carbons (Fsp3) is 0.405. The summed E-state index contributed by atoms with van der Waals surface area (Å²) in [6, 6.07) is 16.9. The molecule has 0 aromatic heterocycles. The Bertz CT molecular complexity index is 2200. The van der Waals surface area contributed by atoms with Gasteiger partial charge in [0.05, 0.1) is 31.5 Å². The van der Waals surface area contributed by atoms with Gasteiger partial charge in [-0.25, -0.2) is 0 Å². The average molecular weight is 831 g/mol. The van der Waals surface area contributed by atoms with E-state index in [0.29, 0.717) is 53.6 Å². The Labute approximate surface area is 343 Å². The summed E-state index contributed by atoms with van der Waals surface area (Å²) in [5, 5.41) is 51.8. The smallest absolute Gasteiger partial charge is 0.317 e. The summed E-state index contributed by atoms with van der Waals surface area (Å²) in [6.07, 6.45) is -8.09. The second-order valence-corrected chi connectivity index (χ2v) is 15.0. The van der Waals surface area contributed by atoms with Gasteiger partial charge < -0.3 is 75.1 Å². The number of carbonyl (C=O) groups is 2. The first-order valence-electron chi connectivity index (χ1n) is 19.4. The predicted octanol–water partition coefficient (Wildman–Crippen LogP) is 0.772.